The van der Waals surface area contributed by atoms with Crippen molar-refractivity contribution in [3.8, 4) is 0 Å². The summed E-state index contributed by atoms with van der Waals surface area (Å²) in [5.41, 5.74) is 0.501. The van der Waals surface area contributed by atoms with E-state index in [1.165, 1.54) is 18.4 Å². The Morgan fingerprint density at radius 1 is 1.38 bits per heavy atom. The molecule has 21 heavy (non-hydrogen) atoms. The first-order valence-corrected chi connectivity index (χ1v) is 8.21. The maximum absolute atomic E-state index is 13.9. The quantitative estimate of drug-likeness (QED) is 0.914. The topological polar surface area (TPSA) is 74.7 Å². The maximum atomic E-state index is 13.9. The Hall–Kier alpha value is -1.77. The molecule has 5 nitrogen and oxygen atoms in total. The molecular formula is C13H12FNO4S2. The Balaban J connectivity index is 2.33. The molecule has 0 spiro atoms. The number of carbonyl (C=O) groups is 1. The van der Waals surface area contributed by atoms with E-state index in [9.17, 15) is 17.6 Å². The number of carboxylic acid groups (broad SMARTS) is 1. The fraction of sp³-hybridized carbons (Fsp3) is 0.154. The predicted octanol–water partition coefficient (Wildman–Crippen LogP) is 2.41. The number of benzene rings is 1. The van der Waals surface area contributed by atoms with Crippen molar-refractivity contribution in [1.29, 1.82) is 0 Å². The van der Waals surface area contributed by atoms with Crippen molar-refractivity contribution in [2.24, 2.45) is 0 Å². The Morgan fingerprint density at radius 3 is 2.62 bits per heavy atom. The van der Waals surface area contributed by atoms with Crippen LogP contribution in [0.15, 0.2) is 39.9 Å². The number of rotatable bonds is 5. The smallest absolute Gasteiger partial charge is 0.335 e. The average Bonchev–Trinajstić information content (AvgIpc) is 2.90. The van der Waals surface area contributed by atoms with E-state index in [4.69, 9.17) is 5.11 Å². The van der Waals surface area contributed by atoms with Gasteiger partial charge in [-0.25, -0.2) is 17.6 Å². The standard InChI is InChI=1S/C13H12FNO4S2/c1-15(7-9-4-5-20-8-9)21(18,19)12-3-2-10(13(16)17)6-11(12)14/h2-6,8H,7H2,1H3,(H,16,17). The number of thiophene rings is 1. The minimum absolute atomic E-state index is 0.117. The van der Waals surface area contributed by atoms with Gasteiger partial charge in [-0.1, -0.05) is 0 Å². The highest BCUT2D eigenvalue weighted by Gasteiger charge is 2.25. The molecule has 1 N–H and O–H groups in total. The van der Waals surface area contributed by atoms with Crippen molar-refractivity contribution in [3.63, 3.8) is 0 Å². The SMILES string of the molecule is CN(Cc1ccsc1)S(=O)(=O)c1ccc(C(=O)O)cc1F. The van der Waals surface area contributed by atoms with Crippen molar-refractivity contribution in [2.75, 3.05) is 7.05 Å². The zero-order valence-electron chi connectivity index (χ0n) is 11.0. The van der Waals surface area contributed by atoms with Gasteiger partial charge in [-0.05, 0) is 40.6 Å². The maximum Gasteiger partial charge on any atom is 0.335 e. The molecule has 112 valence electrons. The summed E-state index contributed by atoms with van der Waals surface area (Å²) in [6, 6.07) is 4.52. The summed E-state index contributed by atoms with van der Waals surface area (Å²) in [5.74, 6) is -2.39. The number of halogens is 1. The molecule has 1 aromatic heterocycles. The third-order valence-corrected chi connectivity index (χ3v) is 5.42. The fourth-order valence-electron chi connectivity index (χ4n) is 1.74. The first-order chi connectivity index (χ1) is 9.82. The van der Waals surface area contributed by atoms with Gasteiger partial charge in [0, 0.05) is 13.6 Å². The molecule has 1 heterocycles. The molecule has 0 saturated carbocycles. The van der Waals surface area contributed by atoms with E-state index in [-0.39, 0.29) is 12.1 Å². The second kappa shape index (κ2) is 5.92. The van der Waals surface area contributed by atoms with Crippen molar-refractivity contribution < 1.29 is 22.7 Å². The monoisotopic (exact) mass is 329 g/mol. The minimum atomic E-state index is -4.02. The Kier molecular flexibility index (Phi) is 4.40. The van der Waals surface area contributed by atoms with Crippen LogP contribution in [-0.4, -0.2) is 30.8 Å². The number of hydrogen-bond acceptors (Lipinski definition) is 4. The van der Waals surface area contributed by atoms with Gasteiger partial charge in [0.25, 0.3) is 0 Å². The second-order valence-corrected chi connectivity index (χ2v) is 7.14. The number of sulfonamides is 1. The molecular weight excluding hydrogens is 317 g/mol. The summed E-state index contributed by atoms with van der Waals surface area (Å²) >= 11 is 1.44. The predicted molar refractivity (Wildman–Crippen MR) is 76.3 cm³/mol. The van der Waals surface area contributed by atoms with Gasteiger partial charge in [0.1, 0.15) is 10.7 Å². The van der Waals surface area contributed by atoms with Crippen LogP contribution in [0, 0.1) is 5.82 Å². The first kappa shape index (κ1) is 15.6. The third-order valence-electron chi connectivity index (χ3n) is 2.85. The highest BCUT2D eigenvalue weighted by molar-refractivity contribution is 7.89. The largest absolute Gasteiger partial charge is 0.478 e. The highest BCUT2D eigenvalue weighted by Crippen LogP contribution is 2.21. The molecule has 0 aliphatic carbocycles. The summed E-state index contributed by atoms with van der Waals surface area (Å²) in [4.78, 5) is 10.2. The first-order valence-electron chi connectivity index (χ1n) is 5.82. The van der Waals surface area contributed by atoms with E-state index in [1.54, 1.807) is 11.4 Å². The molecule has 2 aromatic rings. The molecule has 0 atom stereocenters. The minimum Gasteiger partial charge on any atom is -0.478 e. The molecule has 0 radical (unpaired) electrons. The normalized spacial score (nSPS) is 11.8. The van der Waals surface area contributed by atoms with Crippen LogP contribution >= 0.6 is 11.3 Å². The molecule has 0 saturated heterocycles. The van der Waals surface area contributed by atoms with Crippen molar-refractivity contribution in [1.82, 2.24) is 4.31 Å². The number of aromatic carboxylic acids is 1. The third kappa shape index (κ3) is 3.29. The Morgan fingerprint density at radius 2 is 2.10 bits per heavy atom. The van der Waals surface area contributed by atoms with Gasteiger partial charge in [-0.3, -0.25) is 0 Å². The Labute approximate surface area is 125 Å². The van der Waals surface area contributed by atoms with E-state index in [2.05, 4.69) is 0 Å². The lowest BCUT2D eigenvalue weighted by atomic mass is 10.2. The summed E-state index contributed by atoms with van der Waals surface area (Å²) in [6.45, 7) is 0.117. The fourth-order valence-corrected chi connectivity index (χ4v) is 3.60. The Bertz CT molecular complexity index is 756. The zero-order chi connectivity index (χ0) is 15.6. The summed E-state index contributed by atoms with van der Waals surface area (Å²) in [6.07, 6.45) is 0. The van der Waals surface area contributed by atoms with Crippen LogP contribution in [0.4, 0.5) is 4.39 Å². The van der Waals surface area contributed by atoms with E-state index in [1.807, 2.05) is 5.38 Å². The van der Waals surface area contributed by atoms with E-state index in [0.29, 0.717) is 6.07 Å². The molecule has 0 amide bonds. The molecule has 0 unspecified atom stereocenters. The van der Waals surface area contributed by atoms with Crippen molar-refractivity contribution in [2.45, 2.75) is 11.4 Å². The zero-order valence-corrected chi connectivity index (χ0v) is 12.6. The van der Waals surface area contributed by atoms with Crippen LogP contribution in [0.5, 0.6) is 0 Å². The number of carboxylic acids is 1. The van der Waals surface area contributed by atoms with Gasteiger partial charge in [0.05, 0.1) is 5.56 Å². The van der Waals surface area contributed by atoms with Gasteiger partial charge in [-0.2, -0.15) is 15.6 Å². The van der Waals surface area contributed by atoms with Crippen LogP contribution in [0.3, 0.4) is 0 Å². The van der Waals surface area contributed by atoms with Gasteiger partial charge < -0.3 is 5.11 Å². The lowest BCUT2D eigenvalue weighted by Gasteiger charge is -2.17. The molecule has 8 heteroatoms. The molecule has 0 aliphatic rings. The molecule has 0 bridgehead atoms. The molecule has 0 fully saturated rings. The van der Waals surface area contributed by atoms with Gasteiger partial charge in [0.2, 0.25) is 10.0 Å². The van der Waals surface area contributed by atoms with Crippen molar-refractivity contribution in [3.05, 3.63) is 52.0 Å². The molecule has 0 aliphatic heterocycles. The van der Waals surface area contributed by atoms with Gasteiger partial charge in [-0.15, -0.1) is 0 Å². The average molecular weight is 329 g/mol. The van der Waals surface area contributed by atoms with Crippen LogP contribution in [0.1, 0.15) is 15.9 Å². The number of hydrogen-bond donors (Lipinski definition) is 1. The second-order valence-electron chi connectivity index (χ2n) is 4.34. The van der Waals surface area contributed by atoms with E-state index < -0.39 is 26.7 Å². The lowest BCUT2D eigenvalue weighted by molar-refractivity contribution is 0.0696. The molecule has 1 aromatic carbocycles. The van der Waals surface area contributed by atoms with Gasteiger partial charge in [0.15, 0.2) is 0 Å². The van der Waals surface area contributed by atoms with Crippen LogP contribution in [0.2, 0.25) is 0 Å². The summed E-state index contributed by atoms with van der Waals surface area (Å²) in [7, 11) is -2.67. The lowest BCUT2D eigenvalue weighted by Crippen LogP contribution is -2.27. The molecule has 2 rings (SSSR count). The summed E-state index contributed by atoms with van der Waals surface area (Å²) in [5, 5.41) is 12.4. The highest BCUT2D eigenvalue weighted by atomic mass is 32.2. The number of nitrogens with zero attached hydrogens (tertiary/aromatic N) is 1. The summed E-state index contributed by atoms with van der Waals surface area (Å²) < 4.78 is 39.5. The van der Waals surface area contributed by atoms with Crippen LogP contribution < -0.4 is 0 Å². The van der Waals surface area contributed by atoms with Crippen LogP contribution in [-0.2, 0) is 16.6 Å². The van der Waals surface area contributed by atoms with Crippen molar-refractivity contribution >= 4 is 27.3 Å². The van der Waals surface area contributed by atoms with E-state index >= 15 is 0 Å². The van der Waals surface area contributed by atoms with Gasteiger partial charge >= 0.3 is 5.97 Å². The van der Waals surface area contributed by atoms with Crippen LogP contribution in [0.25, 0.3) is 0 Å². The van der Waals surface area contributed by atoms with E-state index in [0.717, 1.165) is 22.0 Å².